The molecule has 1 saturated carbocycles. The third kappa shape index (κ3) is 8.53. The highest BCUT2D eigenvalue weighted by Crippen LogP contribution is 2.28. The lowest BCUT2D eigenvalue weighted by Gasteiger charge is -2.39. The Labute approximate surface area is 193 Å². The molecule has 3 atom stereocenters. The van der Waals surface area contributed by atoms with Crippen LogP contribution in [-0.4, -0.2) is 49.4 Å². The number of carbonyl (C=O) groups is 1. The van der Waals surface area contributed by atoms with Crippen molar-refractivity contribution in [1.29, 1.82) is 0 Å². The van der Waals surface area contributed by atoms with Crippen LogP contribution in [0, 0.1) is 5.92 Å². The lowest BCUT2D eigenvalue weighted by Crippen LogP contribution is -2.52. The Morgan fingerprint density at radius 2 is 1.79 bits per heavy atom. The van der Waals surface area contributed by atoms with Gasteiger partial charge >= 0.3 is 12.5 Å². The lowest BCUT2D eigenvalue weighted by molar-refractivity contribution is -0.274. The maximum atomic E-state index is 12.4. The average Bonchev–Trinajstić information content (AvgIpc) is 2.71. The Balaban J connectivity index is 1.57. The van der Waals surface area contributed by atoms with E-state index in [0.29, 0.717) is 0 Å². The molecular formula is C24H34F3N3O3. The monoisotopic (exact) mass is 469 g/mol. The number of halogens is 3. The lowest BCUT2D eigenvalue weighted by atomic mass is 9.84. The van der Waals surface area contributed by atoms with E-state index in [1.165, 1.54) is 12.1 Å². The number of amides is 1. The summed E-state index contributed by atoms with van der Waals surface area (Å²) >= 11 is 0. The standard InChI is InChI=1S/C24H34F3N3O3/c1-23(2,3)33-22(31)28-15-17-7-4-5-9-21(17)29-18-8-6-14-30(16-18)19-10-12-20(13-11-19)32-24(25,26)27/h10-13,15,17-18,21,29H,4-9,14,16H2,1-3H3/t17?,18-,21+/m0/s1. The zero-order valence-corrected chi connectivity index (χ0v) is 19.5. The molecule has 33 heavy (non-hydrogen) atoms. The fourth-order valence-corrected chi connectivity index (χ4v) is 4.50. The van der Waals surface area contributed by atoms with Crippen LogP contribution in [0.1, 0.15) is 59.3 Å². The molecule has 1 N–H and O–H groups in total. The summed E-state index contributed by atoms with van der Waals surface area (Å²) in [7, 11) is 0. The summed E-state index contributed by atoms with van der Waals surface area (Å²) in [6, 6.07) is 6.53. The van der Waals surface area contributed by atoms with Crippen molar-refractivity contribution in [3.8, 4) is 5.75 Å². The Morgan fingerprint density at radius 3 is 2.45 bits per heavy atom. The van der Waals surface area contributed by atoms with E-state index in [2.05, 4.69) is 19.9 Å². The van der Waals surface area contributed by atoms with Crippen molar-refractivity contribution in [1.82, 2.24) is 5.32 Å². The number of hydrogen-bond acceptors (Lipinski definition) is 5. The highest BCUT2D eigenvalue weighted by molar-refractivity contribution is 5.80. The Bertz CT molecular complexity index is 806. The Hall–Kier alpha value is -2.29. The van der Waals surface area contributed by atoms with Gasteiger partial charge in [0.15, 0.2) is 0 Å². The molecule has 0 bridgehead atoms. The first kappa shape index (κ1) is 25.3. The van der Waals surface area contributed by atoms with Crippen molar-refractivity contribution in [2.75, 3.05) is 18.0 Å². The van der Waals surface area contributed by atoms with E-state index >= 15 is 0 Å². The molecule has 2 aliphatic rings. The number of ether oxygens (including phenoxy) is 2. The van der Waals surface area contributed by atoms with Gasteiger partial charge in [-0.3, -0.25) is 0 Å². The fourth-order valence-electron chi connectivity index (χ4n) is 4.50. The Morgan fingerprint density at radius 1 is 1.09 bits per heavy atom. The molecule has 1 heterocycles. The van der Waals surface area contributed by atoms with Crippen molar-refractivity contribution >= 4 is 18.0 Å². The number of rotatable bonds is 5. The van der Waals surface area contributed by atoms with E-state index in [-0.39, 0.29) is 23.8 Å². The van der Waals surface area contributed by atoms with Gasteiger partial charge in [0.2, 0.25) is 0 Å². The van der Waals surface area contributed by atoms with Gasteiger partial charge < -0.3 is 19.7 Å². The van der Waals surface area contributed by atoms with Crippen LogP contribution in [0.25, 0.3) is 0 Å². The molecule has 2 fully saturated rings. The summed E-state index contributed by atoms with van der Waals surface area (Å²) in [6.45, 7) is 7.07. The van der Waals surface area contributed by atoms with Gasteiger partial charge in [-0.05, 0) is 70.7 Å². The number of carbonyl (C=O) groups excluding carboxylic acids is 1. The van der Waals surface area contributed by atoms with Crippen LogP contribution >= 0.6 is 0 Å². The van der Waals surface area contributed by atoms with Crippen LogP contribution in [-0.2, 0) is 4.74 Å². The van der Waals surface area contributed by atoms with Gasteiger partial charge in [-0.1, -0.05) is 12.8 Å². The number of hydrogen-bond donors (Lipinski definition) is 1. The first-order valence-electron chi connectivity index (χ1n) is 11.6. The molecule has 6 nitrogen and oxygen atoms in total. The SMILES string of the molecule is CC(C)(C)OC(=O)N=CC1CCCC[C@H]1N[C@H]1CCCN(c2ccc(OC(F)(F)F)cc2)C1. The van der Waals surface area contributed by atoms with Crippen LogP contribution in [0.5, 0.6) is 5.75 Å². The maximum absolute atomic E-state index is 12.4. The van der Waals surface area contributed by atoms with Crippen molar-refractivity contribution in [2.45, 2.75) is 83.3 Å². The number of anilines is 1. The van der Waals surface area contributed by atoms with E-state index in [9.17, 15) is 18.0 Å². The molecule has 9 heteroatoms. The molecule has 1 unspecified atom stereocenters. The van der Waals surface area contributed by atoms with Crippen molar-refractivity contribution in [3.05, 3.63) is 24.3 Å². The molecule has 184 valence electrons. The van der Waals surface area contributed by atoms with Gasteiger partial charge in [0.05, 0.1) is 0 Å². The van der Waals surface area contributed by atoms with Crippen LogP contribution in [0.4, 0.5) is 23.7 Å². The summed E-state index contributed by atoms with van der Waals surface area (Å²) in [6.07, 6.45) is 2.73. The van der Waals surface area contributed by atoms with Crippen LogP contribution < -0.4 is 15.0 Å². The minimum Gasteiger partial charge on any atom is -0.442 e. The molecule has 1 aliphatic carbocycles. The van der Waals surface area contributed by atoms with Gasteiger partial charge in [0.1, 0.15) is 11.4 Å². The summed E-state index contributed by atoms with van der Waals surface area (Å²) < 4.78 is 46.4. The molecule has 0 radical (unpaired) electrons. The molecule has 0 spiro atoms. The van der Waals surface area contributed by atoms with Crippen LogP contribution in [0.2, 0.25) is 0 Å². The van der Waals surface area contributed by atoms with Gasteiger partial charge in [-0.25, -0.2) is 4.79 Å². The summed E-state index contributed by atoms with van der Waals surface area (Å²) in [4.78, 5) is 18.2. The summed E-state index contributed by atoms with van der Waals surface area (Å²) in [5, 5.41) is 3.76. The second kappa shape index (κ2) is 10.8. The molecule has 1 aromatic rings. The zero-order chi connectivity index (χ0) is 24.1. The van der Waals surface area contributed by atoms with Gasteiger partial charge in [-0.2, -0.15) is 4.99 Å². The van der Waals surface area contributed by atoms with Crippen molar-refractivity contribution < 1.29 is 27.4 Å². The average molecular weight is 470 g/mol. The third-order valence-corrected chi connectivity index (χ3v) is 5.89. The number of alkyl halides is 3. The Kier molecular flexibility index (Phi) is 8.26. The van der Waals surface area contributed by atoms with E-state index in [1.54, 1.807) is 18.3 Å². The molecule has 1 aliphatic heterocycles. The van der Waals surface area contributed by atoms with Crippen molar-refractivity contribution in [2.24, 2.45) is 10.9 Å². The van der Waals surface area contributed by atoms with Crippen LogP contribution in [0.15, 0.2) is 29.3 Å². The topological polar surface area (TPSA) is 63.2 Å². The van der Waals surface area contributed by atoms with Crippen molar-refractivity contribution in [3.63, 3.8) is 0 Å². The highest BCUT2D eigenvalue weighted by Gasteiger charge is 2.31. The molecule has 3 rings (SSSR count). The highest BCUT2D eigenvalue weighted by atomic mass is 19.4. The molecule has 1 aromatic carbocycles. The smallest absolute Gasteiger partial charge is 0.442 e. The number of nitrogens with one attached hydrogen (secondary N) is 1. The fraction of sp³-hybridized carbons (Fsp3) is 0.667. The quantitative estimate of drug-likeness (QED) is 0.560. The molecule has 1 saturated heterocycles. The van der Waals surface area contributed by atoms with E-state index < -0.39 is 18.1 Å². The predicted octanol–water partition coefficient (Wildman–Crippen LogP) is 5.71. The summed E-state index contributed by atoms with van der Waals surface area (Å²) in [5.41, 5.74) is 0.309. The zero-order valence-electron chi connectivity index (χ0n) is 19.5. The number of piperidine rings is 1. The predicted molar refractivity (Wildman–Crippen MR) is 122 cm³/mol. The largest absolute Gasteiger partial charge is 0.573 e. The van der Waals surface area contributed by atoms with Crippen LogP contribution in [0.3, 0.4) is 0 Å². The first-order valence-corrected chi connectivity index (χ1v) is 11.6. The maximum Gasteiger partial charge on any atom is 0.573 e. The van der Waals surface area contributed by atoms with Gasteiger partial charge in [-0.15, -0.1) is 13.2 Å². The number of benzene rings is 1. The molecule has 1 amide bonds. The normalized spacial score (nSPS) is 24.7. The second-order valence-electron chi connectivity index (χ2n) is 9.81. The van der Waals surface area contributed by atoms with Gasteiger partial charge in [0.25, 0.3) is 0 Å². The first-order chi connectivity index (χ1) is 15.5. The minimum absolute atomic E-state index is 0.167. The van der Waals surface area contributed by atoms with E-state index in [0.717, 1.165) is 57.3 Å². The van der Waals surface area contributed by atoms with E-state index in [4.69, 9.17) is 4.74 Å². The third-order valence-electron chi connectivity index (χ3n) is 5.89. The number of aliphatic imine (C=N–C) groups is 1. The molecule has 0 aromatic heterocycles. The number of nitrogens with zero attached hydrogens (tertiary/aromatic N) is 2. The molecular weight excluding hydrogens is 435 g/mol. The summed E-state index contributed by atoms with van der Waals surface area (Å²) in [5.74, 6) is -0.0484. The van der Waals surface area contributed by atoms with E-state index in [1.807, 2.05) is 20.8 Å². The second-order valence-corrected chi connectivity index (χ2v) is 9.81. The van der Waals surface area contributed by atoms with Gasteiger partial charge in [0, 0.05) is 43.0 Å². The minimum atomic E-state index is -4.69.